The first-order chi connectivity index (χ1) is 7.08. The molecule has 2 atom stereocenters. The Morgan fingerprint density at radius 3 is 1.41 bits per heavy atom. The molecule has 0 bridgehead atoms. The zero-order valence-corrected chi connectivity index (χ0v) is 14.3. The fourth-order valence-corrected chi connectivity index (χ4v) is 2.71. The molecule has 1 fully saturated rings. The summed E-state index contributed by atoms with van der Waals surface area (Å²) in [5.41, 5.74) is 0. The summed E-state index contributed by atoms with van der Waals surface area (Å²) in [6, 6.07) is 0. The van der Waals surface area contributed by atoms with Crippen molar-refractivity contribution < 1.29 is 37.7 Å². The van der Waals surface area contributed by atoms with Gasteiger partial charge in [0.25, 0.3) is 0 Å². The zero-order valence-electron chi connectivity index (χ0n) is 12.2. The van der Waals surface area contributed by atoms with E-state index in [4.69, 9.17) is 0 Å². The van der Waals surface area contributed by atoms with Crippen molar-refractivity contribution in [2.45, 2.75) is 12.8 Å². The van der Waals surface area contributed by atoms with E-state index in [1.54, 1.807) is 0 Å². The Bertz CT molecular complexity index is 240. The van der Waals surface area contributed by atoms with Crippen LogP contribution in [0.3, 0.4) is 0 Å². The van der Waals surface area contributed by atoms with E-state index in [0.717, 1.165) is 34.9 Å². The van der Waals surface area contributed by atoms with Crippen LogP contribution in [0.1, 0.15) is 12.8 Å². The van der Waals surface area contributed by atoms with E-state index < -0.39 is 0 Å². The second-order valence-corrected chi connectivity index (χ2v) is 7.32. The van der Waals surface area contributed by atoms with E-state index in [-0.39, 0.29) is 24.0 Å². The van der Waals surface area contributed by atoms with Crippen molar-refractivity contribution in [3.63, 3.8) is 0 Å². The van der Waals surface area contributed by atoms with Crippen molar-refractivity contribution in [3.05, 3.63) is 0 Å². The van der Waals surface area contributed by atoms with Gasteiger partial charge in [-0.05, 0) is 12.8 Å². The number of rotatable bonds is 4. The highest BCUT2D eigenvalue weighted by molar-refractivity contribution is 5.85. The molecule has 1 aliphatic carbocycles. The molecular weight excluding hydrogens is 327 g/mol. The van der Waals surface area contributed by atoms with Crippen LogP contribution in [0.2, 0.25) is 0 Å². The van der Waals surface area contributed by atoms with E-state index in [9.17, 15) is 4.79 Å². The SMILES string of the molecule is C[N+](C)(C)CC1CCC(C[N+](C)(C)C)C1=O.[I-]. The normalized spacial score (nSPS) is 25.9. The molecule has 0 amide bonds. The minimum Gasteiger partial charge on any atom is -1.00 e. The molecule has 0 radical (unpaired) electrons. The first-order valence-electron chi connectivity index (χ1n) is 6.23. The minimum absolute atomic E-state index is 0. The first-order valence-corrected chi connectivity index (χ1v) is 6.23. The number of carbonyl (C=O) groups is 1. The van der Waals surface area contributed by atoms with Crippen LogP contribution in [-0.2, 0) is 4.79 Å². The van der Waals surface area contributed by atoms with Gasteiger partial charge < -0.3 is 32.9 Å². The summed E-state index contributed by atoms with van der Waals surface area (Å²) in [5, 5.41) is 0. The number of ketones is 1. The number of Topliss-reactive ketones (excluding diaryl/α,β-unsaturated/α-hetero) is 1. The molecule has 0 aromatic heterocycles. The van der Waals surface area contributed by atoms with Crippen LogP contribution in [0, 0.1) is 11.8 Å². The Morgan fingerprint density at radius 1 is 0.882 bits per heavy atom. The van der Waals surface area contributed by atoms with Crippen molar-refractivity contribution in [2.24, 2.45) is 11.8 Å². The number of hydrogen-bond donors (Lipinski definition) is 0. The molecule has 2 unspecified atom stereocenters. The summed E-state index contributed by atoms with van der Waals surface area (Å²) in [4.78, 5) is 12.2. The van der Waals surface area contributed by atoms with Gasteiger partial charge in [0.2, 0.25) is 0 Å². The Labute approximate surface area is 123 Å². The van der Waals surface area contributed by atoms with Crippen molar-refractivity contribution in [1.82, 2.24) is 0 Å². The fourth-order valence-electron chi connectivity index (χ4n) is 2.71. The lowest BCUT2D eigenvalue weighted by Gasteiger charge is -2.28. The van der Waals surface area contributed by atoms with E-state index >= 15 is 0 Å². The van der Waals surface area contributed by atoms with Gasteiger partial charge in [0, 0.05) is 0 Å². The zero-order chi connectivity index (χ0) is 12.6. The topological polar surface area (TPSA) is 17.1 Å². The predicted octanol–water partition coefficient (Wildman–Crippen LogP) is -2.00. The molecule has 0 heterocycles. The molecule has 102 valence electrons. The average Bonchev–Trinajstić information content (AvgIpc) is 2.30. The van der Waals surface area contributed by atoms with Crippen LogP contribution in [-0.4, -0.2) is 70.1 Å². The summed E-state index contributed by atoms with van der Waals surface area (Å²) in [5.74, 6) is 1.12. The Kier molecular flexibility index (Phi) is 6.09. The molecular formula is C13H28IN2O+. The van der Waals surface area contributed by atoms with Gasteiger partial charge in [-0.15, -0.1) is 0 Å². The van der Waals surface area contributed by atoms with Gasteiger partial charge >= 0.3 is 0 Å². The molecule has 0 aromatic rings. The Hall–Kier alpha value is 0.320. The van der Waals surface area contributed by atoms with Gasteiger partial charge in [0.1, 0.15) is 5.78 Å². The molecule has 0 aromatic carbocycles. The maximum atomic E-state index is 12.2. The third-order valence-electron chi connectivity index (χ3n) is 3.20. The summed E-state index contributed by atoms with van der Waals surface area (Å²) in [6.45, 7) is 1.99. The van der Waals surface area contributed by atoms with Gasteiger partial charge in [0.15, 0.2) is 0 Å². The average molecular weight is 355 g/mol. The molecule has 4 heteroatoms. The number of halogens is 1. The molecule has 1 saturated carbocycles. The second-order valence-electron chi connectivity index (χ2n) is 7.32. The molecule has 1 aliphatic rings. The summed E-state index contributed by atoms with van der Waals surface area (Å²) >= 11 is 0. The maximum Gasteiger partial charge on any atom is 0.150 e. The second kappa shape index (κ2) is 5.97. The number of carbonyl (C=O) groups excluding carboxylic acids is 1. The van der Waals surface area contributed by atoms with E-state index in [0.29, 0.717) is 17.6 Å². The molecule has 17 heavy (non-hydrogen) atoms. The van der Waals surface area contributed by atoms with Crippen molar-refractivity contribution >= 4 is 5.78 Å². The first kappa shape index (κ1) is 17.3. The molecule has 0 N–H and O–H groups in total. The number of nitrogens with zero attached hydrogens (tertiary/aromatic N) is 2. The minimum atomic E-state index is 0. The standard InChI is InChI=1S/C13H28N2O.HI/c1-14(2,3)9-11-7-8-12(13(11)16)10-15(4,5)6;/h11-12H,7-10H2,1-6H3;1H/q+2;/p-1. The van der Waals surface area contributed by atoms with Gasteiger partial charge in [0.05, 0.1) is 67.2 Å². The monoisotopic (exact) mass is 355 g/mol. The lowest BCUT2D eigenvalue weighted by Crippen LogP contribution is -3.00. The van der Waals surface area contributed by atoms with Gasteiger partial charge in [-0.2, -0.15) is 0 Å². The van der Waals surface area contributed by atoms with E-state index in [1.807, 2.05) is 0 Å². The Morgan fingerprint density at radius 2 is 1.18 bits per heavy atom. The van der Waals surface area contributed by atoms with Crippen LogP contribution in [0.15, 0.2) is 0 Å². The van der Waals surface area contributed by atoms with Crippen LogP contribution < -0.4 is 24.0 Å². The highest BCUT2D eigenvalue weighted by Crippen LogP contribution is 2.29. The van der Waals surface area contributed by atoms with Crippen molar-refractivity contribution in [1.29, 1.82) is 0 Å². The smallest absolute Gasteiger partial charge is 0.150 e. The molecule has 3 nitrogen and oxygen atoms in total. The summed E-state index contributed by atoms with van der Waals surface area (Å²) in [7, 11) is 13.0. The van der Waals surface area contributed by atoms with Crippen LogP contribution in [0.25, 0.3) is 0 Å². The highest BCUT2D eigenvalue weighted by Gasteiger charge is 2.39. The largest absolute Gasteiger partial charge is 1.00 e. The number of quaternary nitrogens is 2. The summed E-state index contributed by atoms with van der Waals surface area (Å²) < 4.78 is 1.79. The van der Waals surface area contributed by atoms with Gasteiger partial charge in [-0.25, -0.2) is 0 Å². The van der Waals surface area contributed by atoms with Gasteiger partial charge in [-0.3, -0.25) is 4.79 Å². The highest BCUT2D eigenvalue weighted by atomic mass is 127. The number of hydrogen-bond acceptors (Lipinski definition) is 1. The fraction of sp³-hybridized carbons (Fsp3) is 0.923. The van der Waals surface area contributed by atoms with Gasteiger partial charge in [-0.1, -0.05) is 0 Å². The molecule has 0 aliphatic heterocycles. The predicted molar refractivity (Wildman–Crippen MR) is 67.0 cm³/mol. The van der Waals surface area contributed by atoms with Crippen molar-refractivity contribution in [3.8, 4) is 0 Å². The van der Waals surface area contributed by atoms with Crippen LogP contribution in [0.4, 0.5) is 0 Å². The third kappa shape index (κ3) is 6.15. The summed E-state index contributed by atoms with van der Waals surface area (Å²) in [6.07, 6.45) is 2.19. The Balaban J connectivity index is 0.00000256. The quantitative estimate of drug-likeness (QED) is 0.421. The molecule has 0 saturated heterocycles. The maximum absolute atomic E-state index is 12.2. The molecule has 1 rings (SSSR count). The lowest BCUT2D eigenvalue weighted by atomic mass is 10.0. The van der Waals surface area contributed by atoms with Crippen LogP contribution >= 0.6 is 0 Å². The van der Waals surface area contributed by atoms with Crippen LogP contribution in [0.5, 0.6) is 0 Å². The lowest BCUT2D eigenvalue weighted by molar-refractivity contribution is -0.873. The van der Waals surface area contributed by atoms with E-state index in [2.05, 4.69) is 42.3 Å². The van der Waals surface area contributed by atoms with Crippen molar-refractivity contribution in [2.75, 3.05) is 55.4 Å². The molecule has 0 spiro atoms. The van der Waals surface area contributed by atoms with E-state index in [1.165, 1.54) is 0 Å². The third-order valence-corrected chi connectivity index (χ3v) is 3.20.